The molecule has 0 atom stereocenters. The van der Waals surface area contributed by atoms with Gasteiger partial charge >= 0.3 is 0 Å². The fraction of sp³-hybridized carbons (Fsp3) is 0.261. The molecule has 4 rings (SSSR count). The molecule has 2 heterocycles. The van der Waals surface area contributed by atoms with Crippen molar-refractivity contribution in [1.82, 2.24) is 19.4 Å². The van der Waals surface area contributed by atoms with E-state index in [2.05, 4.69) is 4.98 Å². The number of hydrogen-bond acceptors (Lipinski definition) is 4. The number of nitrogens with zero attached hydrogens (tertiary/aromatic N) is 4. The van der Waals surface area contributed by atoms with E-state index in [0.717, 1.165) is 17.3 Å². The molecular weight excluding hydrogens is 396 g/mol. The zero-order valence-electron chi connectivity index (χ0n) is 16.9. The minimum absolute atomic E-state index is 0.00582. The molecule has 0 bridgehead atoms. The Morgan fingerprint density at radius 2 is 1.43 bits per heavy atom. The summed E-state index contributed by atoms with van der Waals surface area (Å²) in [6, 6.07) is 16.9. The van der Waals surface area contributed by atoms with Crippen molar-refractivity contribution in [2.45, 2.75) is 11.6 Å². The Morgan fingerprint density at radius 3 is 2.03 bits per heavy atom. The summed E-state index contributed by atoms with van der Waals surface area (Å²) in [4.78, 5) is 33.7. The van der Waals surface area contributed by atoms with Crippen LogP contribution >= 0.6 is 11.8 Å². The van der Waals surface area contributed by atoms with Gasteiger partial charge in [-0.1, -0.05) is 30.0 Å². The average Bonchev–Trinajstić information content (AvgIpc) is 3.15. The van der Waals surface area contributed by atoms with Crippen LogP contribution in [0.2, 0.25) is 0 Å². The van der Waals surface area contributed by atoms with Crippen molar-refractivity contribution in [2.75, 3.05) is 32.4 Å². The second-order valence-electron chi connectivity index (χ2n) is 7.13. The predicted octanol–water partition coefficient (Wildman–Crippen LogP) is 3.58. The summed E-state index contributed by atoms with van der Waals surface area (Å²) >= 11 is 1.58. The van der Waals surface area contributed by atoms with E-state index < -0.39 is 0 Å². The van der Waals surface area contributed by atoms with Gasteiger partial charge in [0.2, 0.25) is 0 Å². The summed E-state index contributed by atoms with van der Waals surface area (Å²) in [5.74, 6) is 0.0328. The summed E-state index contributed by atoms with van der Waals surface area (Å²) < 4.78 is 2.00. The van der Waals surface area contributed by atoms with Crippen LogP contribution in [0.3, 0.4) is 0 Å². The summed E-state index contributed by atoms with van der Waals surface area (Å²) in [7, 11) is 0. The first-order valence-electron chi connectivity index (χ1n) is 9.99. The molecule has 0 aliphatic carbocycles. The zero-order chi connectivity index (χ0) is 20.9. The van der Waals surface area contributed by atoms with E-state index in [1.807, 2.05) is 81.4 Å². The number of carbonyl (C=O) groups excluding carboxylic acids is 2. The lowest BCUT2D eigenvalue weighted by Crippen LogP contribution is -2.37. The van der Waals surface area contributed by atoms with Crippen LogP contribution in [-0.4, -0.2) is 63.6 Å². The largest absolute Gasteiger partial charge is 0.337 e. The fourth-order valence-electron chi connectivity index (χ4n) is 3.67. The molecule has 0 saturated carbocycles. The van der Waals surface area contributed by atoms with Gasteiger partial charge in [0.15, 0.2) is 5.16 Å². The highest BCUT2D eigenvalue weighted by molar-refractivity contribution is 7.98. The molecule has 1 aliphatic rings. The van der Waals surface area contributed by atoms with Gasteiger partial charge in [0.1, 0.15) is 0 Å². The van der Waals surface area contributed by atoms with Gasteiger partial charge in [-0.15, -0.1) is 0 Å². The molecular formula is C23H24N4O2S. The van der Waals surface area contributed by atoms with Gasteiger partial charge in [0, 0.05) is 55.4 Å². The van der Waals surface area contributed by atoms with Gasteiger partial charge in [0.25, 0.3) is 11.8 Å². The molecule has 2 aromatic carbocycles. The third-order valence-electron chi connectivity index (χ3n) is 5.27. The summed E-state index contributed by atoms with van der Waals surface area (Å²) in [5.41, 5.74) is 2.33. The zero-order valence-corrected chi connectivity index (χ0v) is 17.7. The SMILES string of the molecule is CSc1nccn1-c1ccc(C(=O)N2CCCN(C(=O)c3ccccc3)CC2)cc1. The maximum atomic E-state index is 13.0. The number of imidazole rings is 1. The maximum Gasteiger partial charge on any atom is 0.253 e. The highest BCUT2D eigenvalue weighted by atomic mass is 32.2. The normalized spacial score (nSPS) is 14.4. The molecule has 0 N–H and O–H groups in total. The summed E-state index contributed by atoms with van der Waals surface area (Å²) in [6.07, 6.45) is 6.44. The lowest BCUT2D eigenvalue weighted by atomic mass is 10.1. The molecule has 6 nitrogen and oxygen atoms in total. The molecule has 0 radical (unpaired) electrons. The van der Waals surface area contributed by atoms with E-state index in [-0.39, 0.29) is 11.8 Å². The molecule has 1 saturated heterocycles. The molecule has 1 aromatic heterocycles. The number of carbonyl (C=O) groups is 2. The second-order valence-corrected chi connectivity index (χ2v) is 7.91. The lowest BCUT2D eigenvalue weighted by molar-refractivity contribution is 0.0719. The van der Waals surface area contributed by atoms with Gasteiger partial charge in [-0.2, -0.15) is 0 Å². The quantitative estimate of drug-likeness (QED) is 0.606. The Kier molecular flexibility index (Phi) is 6.18. The Hall–Kier alpha value is -3.06. The average molecular weight is 421 g/mol. The van der Waals surface area contributed by atoms with Crippen molar-refractivity contribution in [1.29, 1.82) is 0 Å². The van der Waals surface area contributed by atoms with Gasteiger partial charge < -0.3 is 9.80 Å². The van der Waals surface area contributed by atoms with Crippen molar-refractivity contribution in [2.24, 2.45) is 0 Å². The van der Waals surface area contributed by atoms with Gasteiger partial charge in [-0.25, -0.2) is 4.98 Å². The summed E-state index contributed by atoms with van der Waals surface area (Å²) in [5, 5.41) is 0.907. The molecule has 1 aliphatic heterocycles. The minimum Gasteiger partial charge on any atom is -0.337 e. The van der Waals surface area contributed by atoms with Crippen molar-refractivity contribution >= 4 is 23.6 Å². The Bertz CT molecular complexity index is 1020. The Labute approximate surface area is 180 Å². The summed E-state index contributed by atoms with van der Waals surface area (Å²) in [6.45, 7) is 2.40. The van der Waals surface area contributed by atoms with Crippen LogP contribution in [0.15, 0.2) is 72.1 Å². The Morgan fingerprint density at radius 1 is 0.833 bits per heavy atom. The molecule has 1 fully saturated rings. The number of hydrogen-bond donors (Lipinski definition) is 0. The van der Waals surface area contributed by atoms with Crippen LogP contribution < -0.4 is 0 Å². The van der Waals surface area contributed by atoms with Crippen molar-refractivity contribution < 1.29 is 9.59 Å². The third kappa shape index (κ3) is 4.26. The number of aromatic nitrogens is 2. The van der Waals surface area contributed by atoms with Crippen LogP contribution in [0.5, 0.6) is 0 Å². The first-order valence-corrected chi connectivity index (χ1v) is 11.2. The lowest BCUT2D eigenvalue weighted by Gasteiger charge is -2.22. The van der Waals surface area contributed by atoms with E-state index in [0.29, 0.717) is 37.3 Å². The highest BCUT2D eigenvalue weighted by Crippen LogP contribution is 2.19. The molecule has 3 aromatic rings. The van der Waals surface area contributed by atoms with E-state index in [9.17, 15) is 9.59 Å². The van der Waals surface area contributed by atoms with Gasteiger partial charge in [0.05, 0.1) is 0 Å². The first kappa shape index (κ1) is 20.2. The van der Waals surface area contributed by atoms with Crippen molar-refractivity contribution in [3.63, 3.8) is 0 Å². The number of rotatable bonds is 4. The second kappa shape index (κ2) is 9.17. The molecule has 154 valence electrons. The van der Waals surface area contributed by atoms with Crippen molar-refractivity contribution in [3.8, 4) is 5.69 Å². The standard InChI is InChI=1S/C23H24N4O2S/c1-30-23-24-12-15-27(23)20-10-8-19(9-11-20)22(29)26-14-5-13-25(16-17-26)21(28)18-6-3-2-4-7-18/h2-4,6-12,15H,5,13-14,16-17H2,1H3. The molecule has 30 heavy (non-hydrogen) atoms. The molecule has 0 spiro atoms. The topological polar surface area (TPSA) is 58.4 Å². The smallest absolute Gasteiger partial charge is 0.253 e. The van der Waals surface area contributed by atoms with E-state index in [1.54, 1.807) is 18.0 Å². The van der Waals surface area contributed by atoms with Gasteiger partial charge in [-0.3, -0.25) is 14.2 Å². The van der Waals surface area contributed by atoms with Crippen LogP contribution in [0.25, 0.3) is 5.69 Å². The fourth-order valence-corrected chi connectivity index (χ4v) is 4.20. The van der Waals surface area contributed by atoms with E-state index in [4.69, 9.17) is 0 Å². The minimum atomic E-state index is 0.00582. The van der Waals surface area contributed by atoms with E-state index >= 15 is 0 Å². The molecule has 0 unspecified atom stereocenters. The van der Waals surface area contributed by atoms with E-state index in [1.165, 1.54) is 0 Å². The van der Waals surface area contributed by atoms with Crippen LogP contribution in [-0.2, 0) is 0 Å². The predicted molar refractivity (Wildman–Crippen MR) is 118 cm³/mol. The monoisotopic (exact) mass is 420 g/mol. The van der Waals surface area contributed by atoms with Crippen molar-refractivity contribution in [3.05, 3.63) is 78.1 Å². The van der Waals surface area contributed by atoms with Crippen LogP contribution in [0.1, 0.15) is 27.1 Å². The third-order valence-corrected chi connectivity index (χ3v) is 5.94. The highest BCUT2D eigenvalue weighted by Gasteiger charge is 2.23. The van der Waals surface area contributed by atoms with Gasteiger partial charge in [-0.05, 0) is 49.1 Å². The Balaban J connectivity index is 1.42. The molecule has 2 amide bonds. The number of benzene rings is 2. The van der Waals surface area contributed by atoms with Crippen LogP contribution in [0.4, 0.5) is 0 Å². The first-order chi connectivity index (χ1) is 14.7. The number of amides is 2. The van der Waals surface area contributed by atoms with Crippen LogP contribution in [0, 0.1) is 0 Å². The molecule has 7 heteroatoms. The maximum absolute atomic E-state index is 13.0. The number of thioether (sulfide) groups is 1.